The molecule has 3 rings (SSSR count). The van der Waals surface area contributed by atoms with Gasteiger partial charge in [-0.25, -0.2) is 0 Å². The molecule has 0 saturated heterocycles. The minimum Gasteiger partial charge on any atom is -0.337 e. The van der Waals surface area contributed by atoms with Gasteiger partial charge in [0.05, 0.1) is 11.3 Å². The fraction of sp³-hybridized carbons (Fsp3) is 0.125. The van der Waals surface area contributed by atoms with Crippen LogP contribution in [0.2, 0.25) is 0 Å². The Labute approximate surface area is 181 Å². The molecule has 0 radical (unpaired) electrons. The maximum atomic E-state index is 13.0. The van der Waals surface area contributed by atoms with Gasteiger partial charge in [0.1, 0.15) is 0 Å². The van der Waals surface area contributed by atoms with Crippen LogP contribution in [0.1, 0.15) is 31.8 Å². The zero-order valence-electron chi connectivity index (χ0n) is 16.9. The van der Waals surface area contributed by atoms with Gasteiger partial charge in [-0.1, -0.05) is 60.7 Å². The number of carbonyl (C=O) groups excluding carboxylic acids is 2. The average molecular weight is 418 g/mol. The fourth-order valence-corrected chi connectivity index (χ4v) is 3.27. The summed E-state index contributed by atoms with van der Waals surface area (Å²) in [7, 11) is 1.75. The summed E-state index contributed by atoms with van der Waals surface area (Å²) in [6.45, 7) is 2.35. The first-order valence-electron chi connectivity index (χ1n) is 9.52. The molecule has 0 heterocycles. The first-order chi connectivity index (χ1) is 14.5. The van der Waals surface area contributed by atoms with Crippen molar-refractivity contribution in [3.63, 3.8) is 0 Å². The van der Waals surface area contributed by atoms with E-state index < -0.39 is 0 Å². The number of nitrogens with one attached hydrogen (secondary N) is 2. The molecule has 2 amide bonds. The molecular weight excluding hydrogens is 394 g/mol. The first kappa shape index (κ1) is 21.2. The van der Waals surface area contributed by atoms with E-state index in [4.69, 9.17) is 12.2 Å². The minimum absolute atomic E-state index is 0.134. The molecule has 0 aromatic heterocycles. The van der Waals surface area contributed by atoms with E-state index in [1.165, 1.54) is 0 Å². The molecule has 0 atom stereocenters. The van der Waals surface area contributed by atoms with Gasteiger partial charge in [0.25, 0.3) is 11.8 Å². The molecule has 0 saturated carbocycles. The summed E-state index contributed by atoms with van der Waals surface area (Å²) in [5, 5.41) is 5.79. The Morgan fingerprint density at radius 3 is 2.17 bits per heavy atom. The highest BCUT2D eigenvalue weighted by molar-refractivity contribution is 7.80. The van der Waals surface area contributed by atoms with Gasteiger partial charge in [-0.3, -0.25) is 14.9 Å². The van der Waals surface area contributed by atoms with Crippen molar-refractivity contribution in [2.24, 2.45) is 0 Å². The van der Waals surface area contributed by atoms with E-state index in [1.807, 2.05) is 55.5 Å². The molecule has 2 N–H and O–H groups in total. The Balaban J connectivity index is 1.70. The smallest absolute Gasteiger partial charge is 0.257 e. The lowest BCUT2D eigenvalue weighted by Gasteiger charge is -2.20. The highest BCUT2D eigenvalue weighted by Gasteiger charge is 2.17. The molecule has 0 unspecified atom stereocenters. The van der Waals surface area contributed by atoms with E-state index in [9.17, 15) is 9.59 Å². The molecule has 0 fully saturated rings. The third-order valence-corrected chi connectivity index (χ3v) is 4.84. The lowest BCUT2D eigenvalue weighted by atomic mass is 10.1. The normalized spacial score (nSPS) is 10.2. The monoisotopic (exact) mass is 417 g/mol. The number of anilines is 1. The molecule has 30 heavy (non-hydrogen) atoms. The van der Waals surface area contributed by atoms with Gasteiger partial charge in [-0.2, -0.15) is 0 Å². The summed E-state index contributed by atoms with van der Waals surface area (Å²) in [4.78, 5) is 27.1. The quantitative estimate of drug-likeness (QED) is 0.605. The van der Waals surface area contributed by atoms with Crippen LogP contribution < -0.4 is 10.6 Å². The lowest BCUT2D eigenvalue weighted by molar-refractivity contribution is 0.0786. The summed E-state index contributed by atoms with van der Waals surface area (Å²) >= 11 is 5.30. The highest BCUT2D eigenvalue weighted by Crippen LogP contribution is 2.18. The number of nitrogens with zero attached hydrogens (tertiary/aromatic N) is 1. The first-order valence-corrected chi connectivity index (χ1v) is 9.93. The number of carbonyl (C=O) groups is 2. The molecule has 0 spiro atoms. The van der Waals surface area contributed by atoms with Crippen LogP contribution in [0.5, 0.6) is 0 Å². The van der Waals surface area contributed by atoms with E-state index in [-0.39, 0.29) is 16.9 Å². The predicted molar refractivity (Wildman–Crippen MR) is 124 cm³/mol. The van der Waals surface area contributed by atoms with Crippen molar-refractivity contribution in [2.75, 3.05) is 12.4 Å². The standard InChI is InChI=1S/C24H23N3O2S/c1-17-10-6-7-13-19(17)22(28)26-24(30)25-21-15-9-8-14-20(21)23(29)27(2)16-18-11-4-3-5-12-18/h3-15H,16H2,1-2H3,(H2,25,26,28,30). The third-order valence-electron chi connectivity index (χ3n) is 4.63. The number of aryl methyl sites for hydroxylation is 1. The SMILES string of the molecule is Cc1ccccc1C(=O)NC(=S)Nc1ccccc1C(=O)N(C)Cc1ccccc1. The molecule has 152 valence electrons. The maximum Gasteiger partial charge on any atom is 0.257 e. The summed E-state index contributed by atoms with van der Waals surface area (Å²) in [5.41, 5.74) is 3.46. The van der Waals surface area contributed by atoms with E-state index in [0.29, 0.717) is 23.4 Å². The molecule has 3 aromatic carbocycles. The molecule has 3 aromatic rings. The van der Waals surface area contributed by atoms with E-state index in [2.05, 4.69) is 10.6 Å². The maximum absolute atomic E-state index is 13.0. The van der Waals surface area contributed by atoms with Crippen molar-refractivity contribution in [2.45, 2.75) is 13.5 Å². The Hall–Kier alpha value is -3.51. The van der Waals surface area contributed by atoms with Crippen molar-refractivity contribution in [1.82, 2.24) is 10.2 Å². The van der Waals surface area contributed by atoms with Crippen LogP contribution in [-0.2, 0) is 6.54 Å². The fourth-order valence-electron chi connectivity index (χ4n) is 3.06. The van der Waals surface area contributed by atoms with Gasteiger partial charge in [0.2, 0.25) is 0 Å². The second-order valence-electron chi connectivity index (χ2n) is 6.92. The molecule has 6 heteroatoms. The van der Waals surface area contributed by atoms with Gasteiger partial charge in [-0.05, 0) is 48.5 Å². The van der Waals surface area contributed by atoms with Crippen LogP contribution >= 0.6 is 12.2 Å². The predicted octanol–water partition coefficient (Wildman–Crippen LogP) is 4.39. The minimum atomic E-state index is -0.296. The van der Waals surface area contributed by atoms with Crippen LogP contribution in [0.25, 0.3) is 0 Å². The molecule has 0 bridgehead atoms. The zero-order valence-corrected chi connectivity index (χ0v) is 17.7. The topological polar surface area (TPSA) is 61.4 Å². The summed E-state index contributed by atoms with van der Waals surface area (Å²) in [6.07, 6.45) is 0. The van der Waals surface area contributed by atoms with Gasteiger partial charge in [0, 0.05) is 19.2 Å². The van der Waals surface area contributed by atoms with Gasteiger partial charge < -0.3 is 10.2 Å². The summed E-state index contributed by atoms with van der Waals surface area (Å²) in [6, 6.07) is 24.2. The molecule has 0 aliphatic heterocycles. The van der Waals surface area contributed by atoms with Crippen molar-refractivity contribution >= 4 is 34.8 Å². The van der Waals surface area contributed by atoms with Crippen molar-refractivity contribution in [3.8, 4) is 0 Å². The number of amides is 2. The van der Waals surface area contributed by atoms with Crippen molar-refractivity contribution in [3.05, 3.63) is 101 Å². The molecule has 0 aliphatic rings. The number of benzene rings is 3. The second-order valence-corrected chi connectivity index (χ2v) is 7.32. The third kappa shape index (κ3) is 5.30. The van der Waals surface area contributed by atoms with Crippen LogP contribution in [0.15, 0.2) is 78.9 Å². The van der Waals surface area contributed by atoms with Crippen LogP contribution in [0.4, 0.5) is 5.69 Å². The highest BCUT2D eigenvalue weighted by atomic mass is 32.1. The number of thiocarbonyl (C=S) groups is 1. The van der Waals surface area contributed by atoms with Gasteiger partial charge in [0.15, 0.2) is 5.11 Å². The number of hydrogen-bond acceptors (Lipinski definition) is 3. The van der Waals surface area contributed by atoms with Crippen LogP contribution in [0, 0.1) is 6.92 Å². The number of hydrogen-bond donors (Lipinski definition) is 2. The Morgan fingerprint density at radius 2 is 1.47 bits per heavy atom. The Kier molecular flexibility index (Phi) is 6.93. The molecular formula is C24H23N3O2S. The molecule has 5 nitrogen and oxygen atoms in total. The number of para-hydroxylation sites is 1. The van der Waals surface area contributed by atoms with Crippen LogP contribution in [-0.4, -0.2) is 28.9 Å². The summed E-state index contributed by atoms with van der Waals surface area (Å²) < 4.78 is 0. The van der Waals surface area contributed by atoms with Gasteiger partial charge >= 0.3 is 0 Å². The van der Waals surface area contributed by atoms with E-state index in [0.717, 1.165) is 11.1 Å². The lowest BCUT2D eigenvalue weighted by Crippen LogP contribution is -2.35. The van der Waals surface area contributed by atoms with E-state index >= 15 is 0 Å². The average Bonchev–Trinajstić information content (AvgIpc) is 2.74. The molecule has 0 aliphatic carbocycles. The number of rotatable bonds is 5. The largest absolute Gasteiger partial charge is 0.337 e. The second kappa shape index (κ2) is 9.80. The van der Waals surface area contributed by atoms with Gasteiger partial charge in [-0.15, -0.1) is 0 Å². The van der Waals surface area contributed by atoms with Crippen molar-refractivity contribution in [1.29, 1.82) is 0 Å². The Bertz CT molecular complexity index is 1070. The van der Waals surface area contributed by atoms with Crippen LogP contribution in [0.3, 0.4) is 0 Å². The Morgan fingerprint density at radius 1 is 0.867 bits per heavy atom. The van der Waals surface area contributed by atoms with Crippen molar-refractivity contribution < 1.29 is 9.59 Å². The van der Waals surface area contributed by atoms with E-state index in [1.54, 1.807) is 42.3 Å². The summed E-state index contributed by atoms with van der Waals surface area (Å²) in [5.74, 6) is -0.439. The zero-order chi connectivity index (χ0) is 21.5.